The van der Waals surface area contributed by atoms with Crippen molar-refractivity contribution in [3.8, 4) is 0 Å². The molecule has 9 nitrogen and oxygen atoms in total. The van der Waals surface area contributed by atoms with Gasteiger partial charge in [0.2, 0.25) is 6.29 Å². The van der Waals surface area contributed by atoms with Gasteiger partial charge < -0.3 is 39.4 Å². The van der Waals surface area contributed by atoms with Gasteiger partial charge in [-0.25, -0.2) is 4.79 Å². The van der Waals surface area contributed by atoms with Crippen LogP contribution in [-0.2, 0) is 23.7 Å². The Balaban J connectivity index is 1.75. The van der Waals surface area contributed by atoms with E-state index in [4.69, 9.17) is 18.9 Å². The Morgan fingerprint density at radius 3 is 2.68 bits per heavy atom. The molecule has 0 bridgehead atoms. The van der Waals surface area contributed by atoms with Gasteiger partial charge in [0.15, 0.2) is 6.29 Å². The molecule has 9 heteroatoms. The van der Waals surface area contributed by atoms with Crippen LogP contribution in [0, 0.1) is 11.8 Å². The van der Waals surface area contributed by atoms with E-state index >= 15 is 0 Å². The number of carbonyl (C=O) groups excluding carboxylic acids is 1. The third-order valence-electron chi connectivity index (χ3n) is 4.79. The summed E-state index contributed by atoms with van der Waals surface area (Å²) in [6, 6.07) is 0. The van der Waals surface area contributed by atoms with Gasteiger partial charge in [-0.2, -0.15) is 0 Å². The van der Waals surface area contributed by atoms with E-state index < -0.39 is 55.5 Å². The zero-order chi connectivity index (χ0) is 18.1. The van der Waals surface area contributed by atoms with Crippen molar-refractivity contribution in [3.63, 3.8) is 0 Å². The average Bonchev–Trinajstić information content (AvgIpc) is 2.62. The largest absolute Gasteiger partial charge is 0.471 e. The van der Waals surface area contributed by atoms with Crippen molar-refractivity contribution in [1.82, 2.24) is 0 Å². The van der Waals surface area contributed by atoms with Crippen molar-refractivity contribution >= 4 is 5.97 Å². The second-order valence-electron chi connectivity index (χ2n) is 6.26. The Morgan fingerprint density at radius 1 is 1.24 bits per heavy atom. The van der Waals surface area contributed by atoms with E-state index in [0.29, 0.717) is 12.0 Å². The highest BCUT2D eigenvalue weighted by Crippen LogP contribution is 2.38. The molecule has 3 heterocycles. The molecule has 3 aliphatic heterocycles. The van der Waals surface area contributed by atoms with Crippen molar-refractivity contribution in [2.45, 2.75) is 43.4 Å². The molecule has 3 rings (SSSR count). The Morgan fingerprint density at radius 2 is 2.00 bits per heavy atom. The van der Waals surface area contributed by atoms with Crippen LogP contribution in [0.3, 0.4) is 0 Å². The van der Waals surface area contributed by atoms with Crippen molar-refractivity contribution in [2.24, 2.45) is 11.8 Å². The number of ether oxygens (including phenoxy) is 4. The summed E-state index contributed by atoms with van der Waals surface area (Å²) in [5, 5.41) is 38.9. The van der Waals surface area contributed by atoms with E-state index in [2.05, 4.69) is 6.58 Å². The summed E-state index contributed by atoms with van der Waals surface area (Å²) < 4.78 is 21.4. The van der Waals surface area contributed by atoms with Crippen LogP contribution in [-0.4, -0.2) is 76.6 Å². The molecular formula is C16H22O9. The number of carbonyl (C=O) groups is 1. The third-order valence-corrected chi connectivity index (χ3v) is 4.79. The quantitative estimate of drug-likeness (QED) is 0.346. The van der Waals surface area contributed by atoms with Crippen molar-refractivity contribution in [3.05, 3.63) is 24.5 Å². The molecule has 2 saturated heterocycles. The fourth-order valence-corrected chi connectivity index (χ4v) is 3.34. The number of hydrogen-bond donors (Lipinski definition) is 4. The first-order valence-corrected chi connectivity index (χ1v) is 8.09. The number of rotatable bonds is 4. The van der Waals surface area contributed by atoms with Crippen LogP contribution in [0.25, 0.3) is 0 Å². The topological polar surface area (TPSA) is 135 Å². The second kappa shape index (κ2) is 7.40. The van der Waals surface area contributed by atoms with Gasteiger partial charge in [-0.3, -0.25) is 0 Å². The van der Waals surface area contributed by atoms with Gasteiger partial charge in [-0.05, 0) is 6.42 Å². The standard InChI is InChI=1S/C16H22O9/c1-2-7-8-3-4-22-14(21)9(8)6-23-15(7)25-16-13(20)12(19)11(18)10(5-17)24-16/h2,6-8,10-13,15-20H,1,3-5H2/t7-,8+,10+,11-,12-,13-,15+,16+/m1/s1. The maximum absolute atomic E-state index is 11.8. The summed E-state index contributed by atoms with van der Waals surface area (Å²) in [6.07, 6.45) is -4.44. The molecule has 8 atom stereocenters. The molecule has 0 aromatic rings. The van der Waals surface area contributed by atoms with Crippen LogP contribution in [0.15, 0.2) is 24.5 Å². The molecule has 0 spiro atoms. The molecule has 3 aliphatic rings. The first-order valence-electron chi connectivity index (χ1n) is 8.09. The lowest BCUT2D eigenvalue weighted by molar-refractivity contribution is -0.339. The monoisotopic (exact) mass is 358 g/mol. The number of esters is 1. The smallest absolute Gasteiger partial charge is 0.337 e. The van der Waals surface area contributed by atoms with Crippen LogP contribution in [0.2, 0.25) is 0 Å². The predicted molar refractivity (Wildman–Crippen MR) is 80.6 cm³/mol. The van der Waals surface area contributed by atoms with E-state index in [1.807, 2.05) is 0 Å². The molecule has 0 amide bonds. The van der Waals surface area contributed by atoms with E-state index in [-0.39, 0.29) is 12.5 Å². The van der Waals surface area contributed by atoms with Crippen molar-refractivity contribution < 1.29 is 44.2 Å². The molecule has 140 valence electrons. The number of aliphatic hydroxyl groups is 4. The third kappa shape index (κ3) is 3.31. The normalized spacial score (nSPS) is 44.2. The highest BCUT2D eigenvalue weighted by Gasteiger charge is 2.48. The van der Waals surface area contributed by atoms with Crippen LogP contribution >= 0.6 is 0 Å². The molecule has 0 saturated carbocycles. The van der Waals surface area contributed by atoms with Crippen LogP contribution in [0.1, 0.15) is 6.42 Å². The molecule has 25 heavy (non-hydrogen) atoms. The molecule has 0 radical (unpaired) electrons. The van der Waals surface area contributed by atoms with Gasteiger partial charge in [-0.15, -0.1) is 6.58 Å². The summed E-state index contributed by atoms with van der Waals surface area (Å²) in [4.78, 5) is 11.8. The minimum Gasteiger partial charge on any atom is -0.471 e. The van der Waals surface area contributed by atoms with E-state index in [1.165, 1.54) is 6.26 Å². The molecular weight excluding hydrogens is 336 g/mol. The van der Waals surface area contributed by atoms with Crippen molar-refractivity contribution in [2.75, 3.05) is 13.2 Å². The lowest BCUT2D eigenvalue weighted by Crippen LogP contribution is -2.60. The van der Waals surface area contributed by atoms with Crippen LogP contribution < -0.4 is 0 Å². The number of fused-ring (bicyclic) bond motifs is 1. The number of aliphatic hydroxyl groups excluding tert-OH is 4. The molecule has 0 aromatic carbocycles. The summed E-state index contributed by atoms with van der Waals surface area (Å²) in [7, 11) is 0. The van der Waals surface area contributed by atoms with Gasteiger partial charge in [0, 0.05) is 11.8 Å². The fourth-order valence-electron chi connectivity index (χ4n) is 3.34. The zero-order valence-corrected chi connectivity index (χ0v) is 13.4. The Kier molecular flexibility index (Phi) is 5.42. The molecule has 2 fully saturated rings. The van der Waals surface area contributed by atoms with Gasteiger partial charge in [0.1, 0.15) is 24.4 Å². The summed E-state index contributed by atoms with van der Waals surface area (Å²) >= 11 is 0. The zero-order valence-electron chi connectivity index (χ0n) is 13.4. The Labute approximate surface area is 144 Å². The van der Waals surface area contributed by atoms with Gasteiger partial charge in [-0.1, -0.05) is 6.08 Å². The molecule has 0 unspecified atom stereocenters. The number of hydrogen-bond acceptors (Lipinski definition) is 9. The fraction of sp³-hybridized carbons (Fsp3) is 0.688. The Bertz CT molecular complexity index is 546. The second-order valence-corrected chi connectivity index (χ2v) is 6.26. The van der Waals surface area contributed by atoms with Gasteiger partial charge in [0.25, 0.3) is 0 Å². The van der Waals surface area contributed by atoms with Crippen molar-refractivity contribution in [1.29, 1.82) is 0 Å². The Hall–Kier alpha value is -1.49. The first kappa shape index (κ1) is 18.3. The lowest BCUT2D eigenvalue weighted by Gasteiger charge is -2.43. The predicted octanol–water partition coefficient (Wildman–Crippen LogP) is -1.59. The maximum Gasteiger partial charge on any atom is 0.337 e. The van der Waals surface area contributed by atoms with E-state index in [9.17, 15) is 25.2 Å². The molecule has 0 aromatic heterocycles. The molecule has 0 aliphatic carbocycles. The van der Waals surface area contributed by atoms with E-state index in [0.717, 1.165) is 0 Å². The average molecular weight is 358 g/mol. The minimum absolute atomic E-state index is 0.206. The minimum atomic E-state index is -1.54. The van der Waals surface area contributed by atoms with Crippen LogP contribution in [0.4, 0.5) is 0 Å². The van der Waals surface area contributed by atoms with Crippen LogP contribution in [0.5, 0.6) is 0 Å². The maximum atomic E-state index is 11.8. The summed E-state index contributed by atoms with van der Waals surface area (Å²) in [6.45, 7) is 3.47. The lowest BCUT2D eigenvalue weighted by atomic mass is 9.81. The van der Waals surface area contributed by atoms with Gasteiger partial charge >= 0.3 is 5.97 Å². The number of cyclic esters (lactones) is 1. The summed E-state index contributed by atoms with van der Waals surface area (Å²) in [5.41, 5.74) is 0.393. The highest BCUT2D eigenvalue weighted by molar-refractivity contribution is 5.89. The highest BCUT2D eigenvalue weighted by atomic mass is 16.8. The van der Waals surface area contributed by atoms with Gasteiger partial charge in [0.05, 0.1) is 25.0 Å². The SMILES string of the molecule is C=C[C@H]1[C@H](O[C@@H]2O[C@@H](CO)[C@@H](O)[C@@H](O)[C@H]2O)OC=C2C(=O)OCC[C@H]21. The van der Waals surface area contributed by atoms with E-state index in [1.54, 1.807) is 6.08 Å². The summed E-state index contributed by atoms with van der Waals surface area (Å²) in [5.74, 6) is -1.06. The molecule has 4 N–H and O–H groups in total. The first-order chi connectivity index (χ1) is 12.0.